The van der Waals surface area contributed by atoms with Crippen LogP contribution in [0.5, 0.6) is 0 Å². The zero-order valence-corrected chi connectivity index (χ0v) is 25.6. The van der Waals surface area contributed by atoms with Crippen LogP contribution in [0, 0.1) is 0 Å². The lowest BCUT2D eigenvalue weighted by atomic mass is 9.97. The molecule has 234 valence electrons. The first kappa shape index (κ1) is 31.4. The zero-order chi connectivity index (χ0) is 30.7. The van der Waals surface area contributed by atoms with Crippen molar-refractivity contribution in [2.75, 3.05) is 6.61 Å². The van der Waals surface area contributed by atoms with Crippen molar-refractivity contribution in [3.05, 3.63) is 156 Å². The molecule has 45 heavy (non-hydrogen) atoms. The lowest BCUT2D eigenvalue weighted by Gasteiger charge is -2.42. The van der Waals surface area contributed by atoms with Gasteiger partial charge in [0.25, 0.3) is 0 Å². The minimum atomic E-state index is -0.988. The van der Waals surface area contributed by atoms with Gasteiger partial charge in [-0.05, 0) is 29.5 Å². The molecule has 1 unspecified atom stereocenters. The molecule has 4 aromatic carbocycles. The molecule has 0 aromatic heterocycles. The van der Waals surface area contributed by atoms with Crippen LogP contribution >= 0.6 is 0 Å². The first-order valence-corrected chi connectivity index (χ1v) is 15.8. The third kappa shape index (κ3) is 7.97. The molecule has 0 radical (unpaired) electrons. The third-order valence-corrected chi connectivity index (χ3v) is 8.32. The molecule has 2 saturated heterocycles. The van der Waals surface area contributed by atoms with E-state index in [9.17, 15) is 0 Å². The summed E-state index contributed by atoms with van der Waals surface area (Å²) in [6, 6.07) is 40.6. The monoisotopic (exact) mass is 606 g/mol. The van der Waals surface area contributed by atoms with Gasteiger partial charge in [-0.3, -0.25) is 0 Å². The fourth-order valence-electron chi connectivity index (χ4n) is 6.03. The quantitative estimate of drug-likeness (QED) is 0.102. The molecule has 6 nitrogen and oxygen atoms in total. The Hall–Kier alpha value is -3.62. The molecule has 6 rings (SSSR count). The van der Waals surface area contributed by atoms with Crippen molar-refractivity contribution in [2.45, 2.75) is 75.6 Å². The first-order chi connectivity index (χ1) is 22.2. The standard InChI is InChI=1S/C39H42O6/c1-2-3-16-25-39(33-23-14-7-15-24-33)44-37-36(42-28-32-21-12-6-13-22-32)35(41-27-31-19-10-5-11-20-31)34(43-38(37)45-39)29-40-26-30-17-8-4-9-18-30/h2,4-15,17-24,34-38H,1,3,16,25-29H2/t34-,35-,36+,37+,38+,39?/m1/s1. The highest BCUT2D eigenvalue weighted by Gasteiger charge is 2.58. The highest BCUT2D eigenvalue weighted by atomic mass is 16.8. The molecule has 6 atom stereocenters. The molecule has 6 heteroatoms. The molecule has 0 N–H and O–H groups in total. The summed E-state index contributed by atoms with van der Waals surface area (Å²) in [7, 11) is 0. The Morgan fingerprint density at radius 3 is 1.76 bits per heavy atom. The van der Waals surface area contributed by atoms with Gasteiger partial charge in [-0.1, -0.05) is 127 Å². The van der Waals surface area contributed by atoms with Gasteiger partial charge in [-0.25, -0.2) is 0 Å². The first-order valence-electron chi connectivity index (χ1n) is 15.8. The number of benzene rings is 4. The number of fused-ring (bicyclic) bond motifs is 1. The highest BCUT2D eigenvalue weighted by molar-refractivity contribution is 5.22. The molecule has 2 heterocycles. The predicted octanol–water partition coefficient (Wildman–Crippen LogP) is 7.72. The maximum Gasteiger partial charge on any atom is 0.198 e. The summed E-state index contributed by atoms with van der Waals surface area (Å²) in [6.07, 6.45) is 1.67. The minimum Gasteiger partial charge on any atom is -0.374 e. The Balaban J connectivity index is 1.30. The largest absolute Gasteiger partial charge is 0.374 e. The summed E-state index contributed by atoms with van der Waals surface area (Å²) in [5.74, 6) is -0.988. The Morgan fingerprint density at radius 1 is 0.644 bits per heavy atom. The van der Waals surface area contributed by atoms with Gasteiger partial charge in [-0.15, -0.1) is 6.58 Å². The molecule has 2 fully saturated rings. The van der Waals surface area contributed by atoms with E-state index in [1.165, 1.54) is 0 Å². The second-order valence-corrected chi connectivity index (χ2v) is 11.6. The SMILES string of the molecule is C=CCCCC1(c2ccccc2)O[C@@H]2O[C@H](COCc3ccccc3)[C@@H](OCc3ccccc3)[C@H](OCc3ccccc3)[C@@H]2O1. The molecule has 0 saturated carbocycles. The lowest BCUT2D eigenvalue weighted by Crippen LogP contribution is -2.59. The third-order valence-electron chi connectivity index (χ3n) is 8.32. The average molecular weight is 607 g/mol. The van der Waals surface area contributed by atoms with Crippen molar-refractivity contribution < 1.29 is 28.4 Å². The van der Waals surface area contributed by atoms with Gasteiger partial charge >= 0.3 is 0 Å². The van der Waals surface area contributed by atoms with Gasteiger partial charge in [0.1, 0.15) is 24.4 Å². The van der Waals surface area contributed by atoms with Crippen LogP contribution in [0.15, 0.2) is 134 Å². The van der Waals surface area contributed by atoms with Crippen LogP contribution in [0.1, 0.15) is 41.5 Å². The highest BCUT2D eigenvalue weighted by Crippen LogP contribution is 2.47. The van der Waals surface area contributed by atoms with Crippen LogP contribution in [0.3, 0.4) is 0 Å². The van der Waals surface area contributed by atoms with Crippen LogP contribution in [0.4, 0.5) is 0 Å². The van der Waals surface area contributed by atoms with E-state index in [4.69, 9.17) is 28.4 Å². The van der Waals surface area contributed by atoms with Gasteiger partial charge in [0.05, 0.1) is 26.4 Å². The smallest absolute Gasteiger partial charge is 0.198 e. The molecule has 0 aliphatic carbocycles. The number of ether oxygens (including phenoxy) is 6. The summed E-state index contributed by atoms with van der Waals surface area (Å²) in [6.45, 7) is 5.48. The van der Waals surface area contributed by atoms with Crippen molar-refractivity contribution >= 4 is 0 Å². The Bertz CT molecular complexity index is 1430. The maximum atomic E-state index is 6.96. The Labute approximate surface area is 266 Å². The molecule has 0 spiro atoms. The van der Waals surface area contributed by atoms with Crippen LogP contribution in [-0.4, -0.2) is 37.3 Å². The Kier molecular flexibility index (Phi) is 10.9. The average Bonchev–Trinajstić information content (AvgIpc) is 3.48. The maximum absolute atomic E-state index is 6.96. The summed E-state index contributed by atoms with van der Waals surface area (Å²) in [5.41, 5.74) is 4.18. The Morgan fingerprint density at radius 2 is 1.18 bits per heavy atom. The van der Waals surface area contributed by atoms with Crippen LogP contribution in [-0.2, 0) is 54.0 Å². The van der Waals surface area contributed by atoms with E-state index >= 15 is 0 Å². The zero-order valence-electron chi connectivity index (χ0n) is 25.6. The van der Waals surface area contributed by atoms with Crippen molar-refractivity contribution in [3.63, 3.8) is 0 Å². The van der Waals surface area contributed by atoms with Crippen molar-refractivity contribution in [1.82, 2.24) is 0 Å². The van der Waals surface area contributed by atoms with Crippen LogP contribution in [0.2, 0.25) is 0 Å². The van der Waals surface area contributed by atoms with E-state index < -0.39 is 36.5 Å². The summed E-state index contributed by atoms with van der Waals surface area (Å²) in [4.78, 5) is 0. The summed E-state index contributed by atoms with van der Waals surface area (Å²) >= 11 is 0. The van der Waals surface area contributed by atoms with Gasteiger partial charge in [-0.2, -0.15) is 0 Å². The minimum absolute atomic E-state index is 0.306. The lowest BCUT2D eigenvalue weighted by molar-refractivity contribution is -0.281. The van der Waals surface area contributed by atoms with Gasteiger partial charge in [0.15, 0.2) is 12.1 Å². The number of hydrogen-bond acceptors (Lipinski definition) is 6. The summed E-state index contributed by atoms with van der Waals surface area (Å²) < 4.78 is 40.2. The molecule has 0 amide bonds. The van der Waals surface area contributed by atoms with E-state index in [1.54, 1.807) is 0 Å². The van der Waals surface area contributed by atoms with Crippen LogP contribution < -0.4 is 0 Å². The van der Waals surface area contributed by atoms with E-state index in [2.05, 4.69) is 55.1 Å². The van der Waals surface area contributed by atoms with Crippen molar-refractivity contribution in [3.8, 4) is 0 Å². The van der Waals surface area contributed by atoms with Gasteiger partial charge < -0.3 is 28.4 Å². The molecule has 2 aliphatic heterocycles. The van der Waals surface area contributed by atoms with E-state index in [0.29, 0.717) is 32.8 Å². The fourth-order valence-corrected chi connectivity index (χ4v) is 6.03. The van der Waals surface area contributed by atoms with E-state index in [0.717, 1.165) is 35.1 Å². The topological polar surface area (TPSA) is 55.4 Å². The second kappa shape index (κ2) is 15.6. The van der Waals surface area contributed by atoms with Gasteiger partial charge in [0, 0.05) is 12.0 Å². The molecule has 2 aliphatic rings. The summed E-state index contributed by atoms with van der Waals surface area (Å²) in [5, 5.41) is 0. The molecule has 0 bridgehead atoms. The second-order valence-electron chi connectivity index (χ2n) is 11.6. The van der Waals surface area contributed by atoms with Gasteiger partial charge in [0.2, 0.25) is 0 Å². The van der Waals surface area contributed by atoms with Crippen molar-refractivity contribution in [1.29, 1.82) is 0 Å². The number of hydrogen-bond donors (Lipinski definition) is 0. The molecular formula is C39H42O6. The predicted molar refractivity (Wildman–Crippen MR) is 173 cm³/mol. The molecular weight excluding hydrogens is 564 g/mol. The number of unbranched alkanes of at least 4 members (excludes halogenated alkanes) is 1. The number of allylic oxidation sites excluding steroid dienone is 1. The van der Waals surface area contributed by atoms with Crippen molar-refractivity contribution in [2.24, 2.45) is 0 Å². The van der Waals surface area contributed by atoms with E-state index in [1.807, 2.05) is 78.9 Å². The molecule has 4 aromatic rings. The fraction of sp³-hybridized carbons (Fsp3) is 0.333. The van der Waals surface area contributed by atoms with E-state index in [-0.39, 0.29) is 0 Å². The normalized spacial score (nSPS) is 25.9. The number of rotatable bonds is 15. The van der Waals surface area contributed by atoms with Crippen LogP contribution in [0.25, 0.3) is 0 Å².